The summed E-state index contributed by atoms with van der Waals surface area (Å²) >= 11 is 1.54. The van der Waals surface area contributed by atoms with Crippen LogP contribution in [0.5, 0.6) is 0 Å². The van der Waals surface area contributed by atoms with Gasteiger partial charge in [-0.2, -0.15) is 4.99 Å². The molecule has 0 radical (unpaired) electrons. The van der Waals surface area contributed by atoms with Gasteiger partial charge in [0.15, 0.2) is 5.96 Å². The van der Waals surface area contributed by atoms with Crippen LogP contribution in [0.3, 0.4) is 0 Å². The number of amides is 1. The number of nitrogens with two attached hydrogens (primary N) is 2. The zero-order chi connectivity index (χ0) is 16.6. The maximum Gasteiger partial charge on any atom is 0.280 e. The Kier molecular flexibility index (Phi) is 3.83. The van der Waals surface area contributed by atoms with E-state index in [1.54, 1.807) is 25.1 Å². The number of aliphatic imine (C=N–C) groups is 1. The average molecular weight is 327 g/mol. The SMILES string of the molecule is Cc1c(F)cccc1-c1csc2ccc(C(=O)N=C(N)N)cc12. The highest BCUT2D eigenvalue weighted by atomic mass is 32.1. The van der Waals surface area contributed by atoms with E-state index in [1.165, 1.54) is 17.4 Å². The van der Waals surface area contributed by atoms with Crippen LogP contribution in [0.1, 0.15) is 15.9 Å². The Morgan fingerprint density at radius 1 is 1.17 bits per heavy atom. The highest BCUT2D eigenvalue weighted by molar-refractivity contribution is 7.17. The number of rotatable bonds is 2. The summed E-state index contributed by atoms with van der Waals surface area (Å²) in [6.07, 6.45) is 0. The Bertz CT molecular complexity index is 942. The molecule has 0 aliphatic heterocycles. The zero-order valence-corrected chi connectivity index (χ0v) is 13.2. The maximum atomic E-state index is 13.8. The van der Waals surface area contributed by atoms with Gasteiger partial charge in [0, 0.05) is 21.2 Å². The number of hydrogen-bond acceptors (Lipinski definition) is 2. The summed E-state index contributed by atoms with van der Waals surface area (Å²) < 4.78 is 14.8. The van der Waals surface area contributed by atoms with Crippen LogP contribution in [0.4, 0.5) is 4.39 Å². The summed E-state index contributed by atoms with van der Waals surface area (Å²) in [6, 6.07) is 10.2. The normalized spacial score (nSPS) is 10.7. The van der Waals surface area contributed by atoms with Crippen molar-refractivity contribution in [3.63, 3.8) is 0 Å². The molecule has 4 N–H and O–H groups in total. The molecule has 6 heteroatoms. The number of halogens is 1. The van der Waals surface area contributed by atoms with Crippen molar-refractivity contribution < 1.29 is 9.18 Å². The van der Waals surface area contributed by atoms with Crippen LogP contribution >= 0.6 is 11.3 Å². The number of guanidine groups is 1. The van der Waals surface area contributed by atoms with Crippen molar-refractivity contribution in [3.8, 4) is 11.1 Å². The number of thiophene rings is 1. The molecule has 0 bridgehead atoms. The van der Waals surface area contributed by atoms with Gasteiger partial charge in [-0.15, -0.1) is 11.3 Å². The maximum absolute atomic E-state index is 13.8. The van der Waals surface area contributed by atoms with Gasteiger partial charge in [0.1, 0.15) is 5.82 Å². The van der Waals surface area contributed by atoms with E-state index < -0.39 is 5.91 Å². The van der Waals surface area contributed by atoms with Crippen LogP contribution in [0, 0.1) is 12.7 Å². The molecule has 23 heavy (non-hydrogen) atoms. The van der Waals surface area contributed by atoms with Gasteiger partial charge in [-0.25, -0.2) is 4.39 Å². The summed E-state index contributed by atoms with van der Waals surface area (Å²) in [4.78, 5) is 15.5. The number of nitrogens with zero attached hydrogens (tertiary/aromatic N) is 1. The number of fused-ring (bicyclic) bond motifs is 1. The number of hydrogen-bond donors (Lipinski definition) is 2. The summed E-state index contributed by atoms with van der Waals surface area (Å²) in [5.74, 6) is -1.03. The summed E-state index contributed by atoms with van der Waals surface area (Å²) in [5, 5.41) is 2.83. The lowest BCUT2D eigenvalue weighted by Gasteiger charge is -2.06. The molecular weight excluding hydrogens is 313 g/mol. The topological polar surface area (TPSA) is 81.5 Å². The monoisotopic (exact) mass is 327 g/mol. The minimum Gasteiger partial charge on any atom is -0.370 e. The predicted molar refractivity (Wildman–Crippen MR) is 92.1 cm³/mol. The molecule has 2 aromatic carbocycles. The number of carbonyl (C=O) groups is 1. The molecule has 3 rings (SSSR count). The smallest absolute Gasteiger partial charge is 0.280 e. The van der Waals surface area contributed by atoms with Crippen LogP contribution < -0.4 is 11.5 Å². The van der Waals surface area contributed by atoms with Gasteiger partial charge >= 0.3 is 0 Å². The van der Waals surface area contributed by atoms with E-state index in [0.29, 0.717) is 11.1 Å². The second kappa shape index (κ2) is 5.81. The molecule has 4 nitrogen and oxygen atoms in total. The Hall–Kier alpha value is -2.73. The second-order valence-corrected chi connectivity index (χ2v) is 6.03. The highest BCUT2D eigenvalue weighted by Crippen LogP contribution is 2.36. The zero-order valence-electron chi connectivity index (χ0n) is 12.3. The van der Waals surface area contributed by atoms with Crippen LogP contribution in [0.25, 0.3) is 21.2 Å². The van der Waals surface area contributed by atoms with Gasteiger partial charge < -0.3 is 11.5 Å². The van der Waals surface area contributed by atoms with Crippen molar-refractivity contribution in [3.05, 3.63) is 58.7 Å². The minimum absolute atomic E-state index is 0.255. The summed E-state index contributed by atoms with van der Waals surface area (Å²) in [7, 11) is 0. The first kappa shape index (κ1) is 15.2. The Labute approximate surface area is 136 Å². The highest BCUT2D eigenvalue weighted by Gasteiger charge is 2.13. The van der Waals surface area contributed by atoms with Crippen LogP contribution in [-0.4, -0.2) is 11.9 Å². The van der Waals surface area contributed by atoms with Crippen molar-refractivity contribution in [2.45, 2.75) is 6.92 Å². The third-order valence-electron chi connectivity index (χ3n) is 3.61. The molecular formula is C17H14FN3OS. The van der Waals surface area contributed by atoms with Crippen LogP contribution in [0.2, 0.25) is 0 Å². The Morgan fingerprint density at radius 3 is 2.70 bits per heavy atom. The molecule has 0 unspecified atom stereocenters. The van der Waals surface area contributed by atoms with Crippen molar-refractivity contribution in [1.82, 2.24) is 0 Å². The first-order chi connectivity index (χ1) is 11.0. The van der Waals surface area contributed by atoms with Gasteiger partial charge in [-0.1, -0.05) is 12.1 Å². The lowest BCUT2D eigenvalue weighted by atomic mass is 9.98. The molecule has 0 aliphatic rings. The van der Waals surface area contributed by atoms with Crippen molar-refractivity contribution >= 4 is 33.3 Å². The third-order valence-corrected chi connectivity index (χ3v) is 4.57. The molecule has 0 saturated heterocycles. The molecule has 0 saturated carbocycles. The van der Waals surface area contributed by atoms with Gasteiger partial charge in [-0.05, 0) is 47.7 Å². The molecule has 0 aliphatic carbocycles. The van der Waals surface area contributed by atoms with E-state index >= 15 is 0 Å². The quantitative estimate of drug-likeness (QED) is 0.559. The molecule has 1 amide bonds. The summed E-state index contributed by atoms with van der Waals surface area (Å²) in [6.45, 7) is 1.74. The minimum atomic E-state index is -0.500. The Morgan fingerprint density at radius 2 is 1.96 bits per heavy atom. The van der Waals surface area contributed by atoms with Gasteiger partial charge in [-0.3, -0.25) is 4.79 Å². The molecule has 1 aromatic heterocycles. The van der Waals surface area contributed by atoms with Gasteiger partial charge in [0.25, 0.3) is 5.91 Å². The standard InChI is InChI=1S/C17H14FN3OS/c1-9-11(3-2-4-14(9)18)13-8-23-15-6-5-10(7-12(13)15)16(22)21-17(19)20/h2-8H,1H3,(H4,19,20,21,22). The molecule has 1 heterocycles. The number of benzene rings is 2. The van der Waals surface area contributed by atoms with E-state index in [4.69, 9.17) is 11.5 Å². The second-order valence-electron chi connectivity index (χ2n) is 5.11. The summed E-state index contributed by atoms with van der Waals surface area (Å²) in [5.41, 5.74) is 13.2. The largest absolute Gasteiger partial charge is 0.370 e. The van der Waals surface area contributed by atoms with Gasteiger partial charge in [0.2, 0.25) is 0 Å². The lowest BCUT2D eigenvalue weighted by Crippen LogP contribution is -2.24. The van der Waals surface area contributed by atoms with E-state index in [9.17, 15) is 9.18 Å². The van der Waals surface area contributed by atoms with E-state index in [0.717, 1.165) is 21.2 Å². The first-order valence-electron chi connectivity index (χ1n) is 6.88. The fourth-order valence-electron chi connectivity index (χ4n) is 2.45. The van der Waals surface area contributed by atoms with Crippen molar-refractivity contribution in [2.75, 3.05) is 0 Å². The molecule has 0 atom stereocenters. The van der Waals surface area contributed by atoms with Crippen LogP contribution in [0.15, 0.2) is 46.8 Å². The van der Waals surface area contributed by atoms with Crippen molar-refractivity contribution in [1.29, 1.82) is 0 Å². The van der Waals surface area contributed by atoms with E-state index in [-0.39, 0.29) is 11.8 Å². The first-order valence-corrected chi connectivity index (χ1v) is 7.76. The third kappa shape index (κ3) is 2.80. The molecule has 0 spiro atoms. The van der Waals surface area contributed by atoms with E-state index in [1.807, 2.05) is 17.5 Å². The fraction of sp³-hybridized carbons (Fsp3) is 0.0588. The average Bonchev–Trinajstić information content (AvgIpc) is 2.92. The van der Waals surface area contributed by atoms with Crippen LogP contribution in [-0.2, 0) is 0 Å². The fourth-order valence-corrected chi connectivity index (χ4v) is 3.39. The van der Waals surface area contributed by atoms with Gasteiger partial charge in [0.05, 0.1) is 0 Å². The molecule has 116 valence electrons. The Balaban J connectivity index is 2.18. The van der Waals surface area contributed by atoms with Crippen molar-refractivity contribution in [2.24, 2.45) is 16.5 Å². The molecule has 0 fully saturated rings. The number of carbonyl (C=O) groups excluding carboxylic acids is 1. The lowest BCUT2D eigenvalue weighted by molar-refractivity contribution is 0.100. The predicted octanol–water partition coefficient (Wildman–Crippen LogP) is 3.43. The molecule has 3 aromatic rings. The van der Waals surface area contributed by atoms with E-state index in [2.05, 4.69) is 4.99 Å².